The van der Waals surface area contributed by atoms with Crippen molar-refractivity contribution in [2.24, 2.45) is 7.05 Å². The highest BCUT2D eigenvalue weighted by atomic mass is 16.5. The summed E-state index contributed by atoms with van der Waals surface area (Å²) in [6.07, 6.45) is 4.08. The van der Waals surface area contributed by atoms with Crippen molar-refractivity contribution in [3.63, 3.8) is 0 Å². The molecule has 0 atom stereocenters. The molecule has 1 N–H and O–H groups in total. The van der Waals surface area contributed by atoms with E-state index < -0.39 is 0 Å². The van der Waals surface area contributed by atoms with Crippen LogP contribution in [0.1, 0.15) is 25.5 Å². The fourth-order valence-corrected chi connectivity index (χ4v) is 1.50. The van der Waals surface area contributed by atoms with Crippen LogP contribution in [0.25, 0.3) is 0 Å². The summed E-state index contributed by atoms with van der Waals surface area (Å²) in [6, 6.07) is 0. The van der Waals surface area contributed by atoms with E-state index >= 15 is 0 Å². The number of aromatic nitrogens is 2. The first-order valence-corrected chi connectivity index (χ1v) is 5.50. The first kappa shape index (κ1) is 12.5. The van der Waals surface area contributed by atoms with Gasteiger partial charge >= 0.3 is 5.97 Å². The molecule has 1 rings (SSSR count). The molecule has 0 bridgehead atoms. The second-order valence-electron chi connectivity index (χ2n) is 3.62. The summed E-state index contributed by atoms with van der Waals surface area (Å²) in [7, 11) is 3.31. The van der Waals surface area contributed by atoms with E-state index in [0.717, 1.165) is 30.8 Å². The summed E-state index contributed by atoms with van der Waals surface area (Å²) in [4.78, 5) is 10.9. The third-order valence-electron chi connectivity index (χ3n) is 2.34. The first-order chi connectivity index (χ1) is 7.67. The Morgan fingerprint density at radius 3 is 3.00 bits per heavy atom. The smallest absolute Gasteiger partial charge is 0.305 e. The van der Waals surface area contributed by atoms with Gasteiger partial charge in [0.05, 0.1) is 18.5 Å². The molecule has 0 fully saturated rings. The minimum Gasteiger partial charge on any atom is -0.469 e. The number of esters is 1. The van der Waals surface area contributed by atoms with E-state index in [0.29, 0.717) is 6.42 Å². The lowest BCUT2D eigenvalue weighted by molar-refractivity contribution is -0.140. The Morgan fingerprint density at radius 2 is 2.38 bits per heavy atom. The van der Waals surface area contributed by atoms with Gasteiger partial charge in [0, 0.05) is 26.2 Å². The lowest BCUT2D eigenvalue weighted by atomic mass is 10.2. The van der Waals surface area contributed by atoms with Crippen LogP contribution in [0.2, 0.25) is 0 Å². The molecule has 0 aliphatic heterocycles. The van der Waals surface area contributed by atoms with Crippen LogP contribution in [0.5, 0.6) is 0 Å². The van der Waals surface area contributed by atoms with Crippen molar-refractivity contribution in [1.29, 1.82) is 0 Å². The van der Waals surface area contributed by atoms with E-state index in [9.17, 15) is 4.79 Å². The van der Waals surface area contributed by atoms with E-state index in [1.165, 1.54) is 7.11 Å². The second kappa shape index (κ2) is 6.15. The third kappa shape index (κ3) is 3.56. The highest BCUT2D eigenvalue weighted by molar-refractivity contribution is 5.69. The lowest BCUT2D eigenvalue weighted by Gasteiger charge is -2.04. The van der Waals surface area contributed by atoms with Gasteiger partial charge in [0.25, 0.3) is 0 Å². The summed E-state index contributed by atoms with van der Waals surface area (Å²) >= 11 is 0. The molecule has 5 nitrogen and oxygen atoms in total. The van der Waals surface area contributed by atoms with Gasteiger partial charge in [-0.15, -0.1) is 0 Å². The number of hydrogen-bond donors (Lipinski definition) is 1. The van der Waals surface area contributed by atoms with Gasteiger partial charge in [-0.1, -0.05) is 6.92 Å². The Kier molecular flexibility index (Phi) is 4.82. The van der Waals surface area contributed by atoms with Gasteiger partial charge in [-0.2, -0.15) is 5.10 Å². The highest BCUT2D eigenvalue weighted by Crippen LogP contribution is 2.13. The van der Waals surface area contributed by atoms with Crippen LogP contribution in [0, 0.1) is 0 Å². The predicted octanol–water partition coefficient (Wildman–Crippen LogP) is 1.35. The zero-order valence-electron chi connectivity index (χ0n) is 10.1. The van der Waals surface area contributed by atoms with Crippen molar-refractivity contribution in [2.45, 2.75) is 26.2 Å². The second-order valence-corrected chi connectivity index (χ2v) is 3.62. The highest BCUT2D eigenvalue weighted by Gasteiger charge is 2.05. The van der Waals surface area contributed by atoms with Gasteiger partial charge in [-0.05, 0) is 12.8 Å². The van der Waals surface area contributed by atoms with Crippen LogP contribution in [0.15, 0.2) is 6.20 Å². The normalized spacial score (nSPS) is 10.2. The predicted molar refractivity (Wildman–Crippen MR) is 62.3 cm³/mol. The number of ether oxygens (including phenoxy) is 1. The molecule has 0 saturated heterocycles. The molecule has 0 radical (unpaired) electrons. The van der Waals surface area contributed by atoms with Gasteiger partial charge in [0.2, 0.25) is 0 Å². The largest absolute Gasteiger partial charge is 0.469 e. The van der Waals surface area contributed by atoms with E-state index in [2.05, 4.69) is 22.1 Å². The van der Waals surface area contributed by atoms with E-state index in [-0.39, 0.29) is 5.97 Å². The number of rotatable bonds is 6. The monoisotopic (exact) mass is 225 g/mol. The number of anilines is 1. The Morgan fingerprint density at radius 1 is 1.62 bits per heavy atom. The third-order valence-corrected chi connectivity index (χ3v) is 2.34. The van der Waals surface area contributed by atoms with Crippen LogP contribution in [0.4, 0.5) is 5.69 Å². The molecular weight excluding hydrogens is 206 g/mol. The average Bonchev–Trinajstić information content (AvgIpc) is 2.64. The standard InChI is InChI=1S/C11H19N3O2/c1-4-9-10(8-14(2)13-9)12-7-5-6-11(15)16-3/h8,12H,4-7H2,1-3H3. The van der Waals surface area contributed by atoms with Crippen molar-refractivity contribution in [1.82, 2.24) is 9.78 Å². The Bertz CT molecular complexity index is 347. The van der Waals surface area contributed by atoms with Crippen LogP contribution in [0.3, 0.4) is 0 Å². The number of nitrogens with zero attached hydrogens (tertiary/aromatic N) is 2. The fraction of sp³-hybridized carbons (Fsp3) is 0.636. The van der Waals surface area contributed by atoms with E-state index in [1.54, 1.807) is 4.68 Å². The molecule has 1 heterocycles. The van der Waals surface area contributed by atoms with Gasteiger partial charge in [0.15, 0.2) is 0 Å². The molecule has 90 valence electrons. The molecule has 1 aromatic rings. The molecule has 0 amide bonds. The molecular formula is C11H19N3O2. The van der Waals surface area contributed by atoms with Crippen LogP contribution >= 0.6 is 0 Å². The number of nitrogens with one attached hydrogen (secondary N) is 1. The molecule has 0 aromatic carbocycles. The molecule has 0 saturated carbocycles. The lowest BCUT2D eigenvalue weighted by Crippen LogP contribution is -2.07. The van der Waals surface area contributed by atoms with Gasteiger partial charge in [-0.3, -0.25) is 9.48 Å². The zero-order valence-corrected chi connectivity index (χ0v) is 10.1. The van der Waals surface area contributed by atoms with E-state index in [4.69, 9.17) is 0 Å². The molecule has 16 heavy (non-hydrogen) atoms. The molecule has 0 unspecified atom stereocenters. The fourth-order valence-electron chi connectivity index (χ4n) is 1.50. The maximum Gasteiger partial charge on any atom is 0.305 e. The molecule has 0 spiro atoms. The van der Waals surface area contributed by atoms with Crippen LogP contribution < -0.4 is 5.32 Å². The number of methoxy groups -OCH3 is 1. The topological polar surface area (TPSA) is 56.2 Å². The maximum atomic E-state index is 10.9. The number of aryl methyl sites for hydroxylation is 2. The SMILES string of the molecule is CCc1nn(C)cc1NCCCC(=O)OC. The summed E-state index contributed by atoms with van der Waals surface area (Å²) in [5, 5.41) is 7.60. The zero-order chi connectivity index (χ0) is 12.0. The van der Waals surface area contributed by atoms with Gasteiger partial charge < -0.3 is 10.1 Å². The summed E-state index contributed by atoms with van der Waals surface area (Å²) in [5.74, 6) is -0.163. The number of carbonyl (C=O) groups is 1. The van der Waals surface area contributed by atoms with Crippen molar-refractivity contribution < 1.29 is 9.53 Å². The first-order valence-electron chi connectivity index (χ1n) is 5.50. The summed E-state index contributed by atoms with van der Waals surface area (Å²) in [6.45, 7) is 2.83. The van der Waals surface area contributed by atoms with Gasteiger partial charge in [-0.25, -0.2) is 0 Å². The molecule has 5 heteroatoms. The van der Waals surface area contributed by atoms with Crippen molar-refractivity contribution in [3.8, 4) is 0 Å². The average molecular weight is 225 g/mol. The Balaban J connectivity index is 2.34. The number of carbonyl (C=O) groups excluding carboxylic acids is 1. The van der Waals surface area contributed by atoms with Crippen LogP contribution in [-0.2, 0) is 23.0 Å². The van der Waals surface area contributed by atoms with Crippen LogP contribution in [-0.4, -0.2) is 29.4 Å². The van der Waals surface area contributed by atoms with Gasteiger partial charge in [0.1, 0.15) is 0 Å². The Labute approximate surface area is 95.8 Å². The van der Waals surface area contributed by atoms with E-state index in [1.807, 2.05) is 13.2 Å². The van der Waals surface area contributed by atoms with Crippen molar-refractivity contribution in [3.05, 3.63) is 11.9 Å². The minimum atomic E-state index is -0.163. The van der Waals surface area contributed by atoms with Crippen molar-refractivity contribution in [2.75, 3.05) is 19.0 Å². The van der Waals surface area contributed by atoms with Crippen molar-refractivity contribution >= 4 is 11.7 Å². The maximum absolute atomic E-state index is 10.9. The minimum absolute atomic E-state index is 0.163. The number of hydrogen-bond acceptors (Lipinski definition) is 4. The summed E-state index contributed by atoms with van der Waals surface area (Å²) in [5.41, 5.74) is 2.11. The summed E-state index contributed by atoms with van der Waals surface area (Å²) < 4.78 is 6.36. The molecule has 0 aliphatic carbocycles. The molecule has 0 aliphatic rings. The Hall–Kier alpha value is -1.52. The quantitative estimate of drug-likeness (QED) is 0.586. The molecule has 1 aromatic heterocycles.